The number of aliphatic hydroxyl groups is 1. The molecule has 1 rings (SSSR count). The van der Waals surface area contributed by atoms with Crippen LogP contribution in [0, 0.1) is 5.92 Å². The van der Waals surface area contributed by atoms with Crippen molar-refractivity contribution in [2.24, 2.45) is 5.92 Å². The van der Waals surface area contributed by atoms with Gasteiger partial charge in [0, 0.05) is 0 Å². The molecule has 1 nitrogen and oxygen atoms in total. The first-order valence-corrected chi connectivity index (χ1v) is 1.99. The number of hydrogen-bond acceptors (Lipinski definition) is 1. The molecule has 1 aliphatic rings. The van der Waals surface area contributed by atoms with Crippen LogP contribution in [0.3, 0.4) is 0 Å². The molecule has 0 unspecified atom stereocenters. The topological polar surface area (TPSA) is 20.2 Å². The normalized spacial score (nSPS) is 49.2. The molecule has 5 heavy (non-hydrogen) atoms. The Hall–Kier alpha value is -0.0400. The van der Waals surface area contributed by atoms with Crippen LogP contribution in [-0.2, 0) is 0 Å². The van der Waals surface area contributed by atoms with E-state index in [0.717, 1.165) is 6.42 Å². The molecule has 1 N–H and O–H groups in total. The van der Waals surface area contributed by atoms with E-state index in [1.165, 1.54) is 0 Å². The molecule has 0 aliphatic heterocycles. The monoisotopic (exact) mass is 72.1 g/mol. The van der Waals surface area contributed by atoms with E-state index in [1.807, 2.05) is 6.92 Å². The lowest BCUT2D eigenvalue weighted by molar-refractivity contribution is 0.263. The van der Waals surface area contributed by atoms with Crippen molar-refractivity contribution in [2.75, 3.05) is 0 Å². The Bertz CT molecular complexity index is 36.9. The second-order valence-electron chi connectivity index (χ2n) is 1.78. The van der Waals surface area contributed by atoms with Gasteiger partial charge in [-0.1, -0.05) is 6.92 Å². The first-order valence-electron chi connectivity index (χ1n) is 1.99. The fourth-order valence-corrected chi connectivity index (χ4v) is 0.302. The molecule has 0 saturated heterocycles. The van der Waals surface area contributed by atoms with E-state index in [9.17, 15) is 0 Å². The maximum absolute atomic E-state index is 8.44. The van der Waals surface area contributed by atoms with E-state index in [-0.39, 0.29) is 6.10 Å². The first kappa shape index (κ1) is 3.16. The molecular weight excluding hydrogens is 64.0 g/mol. The fraction of sp³-hybridized carbons (Fsp3) is 1.00. The summed E-state index contributed by atoms with van der Waals surface area (Å²) in [6.45, 7) is 2.05. The van der Waals surface area contributed by atoms with Crippen LogP contribution in [0.25, 0.3) is 0 Å². The predicted octanol–water partition coefficient (Wildman–Crippen LogP) is 0.387. The van der Waals surface area contributed by atoms with Crippen molar-refractivity contribution in [1.29, 1.82) is 0 Å². The van der Waals surface area contributed by atoms with Gasteiger partial charge in [0.05, 0.1) is 6.10 Å². The minimum atomic E-state index is 0.0509. The van der Waals surface area contributed by atoms with Crippen LogP contribution in [0.4, 0.5) is 0 Å². The second-order valence-corrected chi connectivity index (χ2v) is 1.78. The summed E-state index contributed by atoms with van der Waals surface area (Å²) in [5.74, 6) is 0.606. The summed E-state index contributed by atoms with van der Waals surface area (Å²) in [6.07, 6.45) is 1.08. The van der Waals surface area contributed by atoms with E-state index in [2.05, 4.69) is 0 Å². The zero-order valence-corrected chi connectivity index (χ0v) is 3.31. The first-order chi connectivity index (χ1) is 2.30. The molecule has 0 radical (unpaired) electrons. The average molecular weight is 72.1 g/mol. The third-order valence-corrected chi connectivity index (χ3v) is 1.07. The Morgan fingerprint density at radius 3 is 2.00 bits per heavy atom. The molecule has 1 saturated carbocycles. The van der Waals surface area contributed by atoms with Gasteiger partial charge in [0.2, 0.25) is 0 Å². The van der Waals surface area contributed by atoms with Gasteiger partial charge in [-0.05, 0) is 12.3 Å². The summed E-state index contributed by atoms with van der Waals surface area (Å²) in [5.41, 5.74) is 0. The minimum Gasteiger partial charge on any atom is -0.393 e. The van der Waals surface area contributed by atoms with E-state index in [1.54, 1.807) is 0 Å². The lowest BCUT2D eigenvalue weighted by Gasteiger charge is -1.68. The Balaban J connectivity index is 2.20. The third kappa shape index (κ3) is 0.428. The highest BCUT2D eigenvalue weighted by Gasteiger charge is 2.29. The van der Waals surface area contributed by atoms with E-state index in [4.69, 9.17) is 5.11 Å². The van der Waals surface area contributed by atoms with Crippen molar-refractivity contribution in [3.05, 3.63) is 0 Å². The summed E-state index contributed by atoms with van der Waals surface area (Å²) in [4.78, 5) is 0. The summed E-state index contributed by atoms with van der Waals surface area (Å²) in [5, 5.41) is 8.44. The zero-order chi connectivity index (χ0) is 3.86. The molecule has 30 valence electrons. The van der Waals surface area contributed by atoms with Crippen molar-refractivity contribution in [1.82, 2.24) is 0 Å². The summed E-state index contributed by atoms with van der Waals surface area (Å²) < 4.78 is 0. The Labute approximate surface area is 31.6 Å². The Kier molecular flexibility index (Phi) is 0.453. The predicted molar refractivity (Wildman–Crippen MR) is 19.8 cm³/mol. The molecular formula is C4H8O. The summed E-state index contributed by atoms with van der Waals surface area (Å²) >= 11 is 0. The van der Waals surface area contributed by atoms with Gasteiger partial charge in [0.15, 0.2) is 0 Å². The maximum Gasteiger partial charge on any atom is 0.0570 e. The van der Waals surface area contributed by atoms with Gasteiger partial charge < -0.3 is 5.11 Å². The zero-order valence-electron chi connectivity index (χ0n) is 3.31. The van der Waals surface area contributed by atoms with Crippen molar-refractivity contribution >= 4 is 0 Å². The van der Waals surface area contributed by atoms with Crippen molar-refractivity contribution in [3.8, 4) is 0 Å². The number of hydrogen-bond donors (Lipinski definition) is 1. The standard InChI is InChI=1S/C4H8O/c1-3-2-4(3)5/h3-5H,2H2,1H3/t3-,4+/m1/s1. The van der Waals surface area contributed by atoms with Crippen molar-refractivity contribution < 1.29 is 5.11 Å². The van der Waals surface area contributed by atoms with Gasteiger partial charge in [-0.2, -0.15) is 0 Å². The van der Waals surface area contributed by atoms with Crippen LogP contribution in [0.1, 0.15) is 13.3 Å². The summed E-state index contributed by atoms with van der Waals surface area (Å²) in [6, 6.07) is 0. The Morgan fingerprint density at radius 1 is 1.80 bits per heavy atom. The van der Waals surface area contributed by atoms with E-state index < -0.39 is 0 Å². The minimum absolute atomic E-state index is 0.0509. The molecule has 2 atom stereocenters. The van der Waals surface area contributed by atoms with Crippen LogP contribution < -0.4 is 0 Å². The van der Waals surface area contributed by atoms with Crippen LogP contribution in [-0.4, -0.2) is 11.2 Å². The van der Waals surface area contributed by atoms with Gasteiger partial charge in [0.1, 0.15) is 0 Å². The quantitative estimate of drug-likeness (QED) is 0.439. The highest BCUT2D eigenvalue weighted by molar-refractivity contribution is 4.80. The van der Waals surface area contributed by atoms with Crippen LogP contribution >= 0.6 is 0 Å². The van der Waals surface area contributed by atoms with Crippen molar-refractivity contribution in [2.45, 2.75) is 19.4 Å². The SMILES string of the molecule is C[C@@H]1C[C@@H]1O. The highest BCUT2D eigenvalue weighted by atomic mass is 16.3. The van der Waals surface area contributed by atoms with Gasteiger partial charge in [-0.25, -0.2) is 0 Å². The molecule has 1 heteroatoms. The van der Waals surface area contributed by atoms with Gasteiger partial charge in [-0.3, -0.25) is 0 Å². The van der Waals surface area contributed by atoms with Crippen LogP contribution in [0.5, 0.6) is 0 Å². The van der Waals surface area contributed by atoms with Gasteiger partial charge >= 0.3 is 0 Å². The second kappa shape index (κ2) is 0.716. The lowest BCUT2D eigenvalue weighted by Crippen LogP contribution is -1.74. The van der Waals surface area contributed by atoms with Gasteiger partial charge in [0.25, 0.3) is 0 Å². The Morgan fingerprint density at radius 2 is 2.00 bits per heavy atom. The van der Waals surface area contributed by atoms with Gasteiger partial charge in [-0.15, -0.1) is 0 Å². The molecule has 0 bridgehead atoms. The molecule has 0 heterocycles. The molecule has 1 aliphatic carbocycles. The van der Waals surface area contributed by atoms with Crippen molar-refractivity contribution in [3.63, 3.8) is 0 Å². The fourth-order valence-electron chi connectivity index (χ4n) is 0.302. The molecule has 0 aromatic heterocycles. The summed E-state index contributed by atoms with van der Waals surface area (Å²) in [7, 11) is 0. The molecule has 1 fully saturated rings. The third-order valence-electron chi connectivity index (χ3n) is 1.07. The lowest BCUT2D eigenvalue weighted by atomic mass is 10.5. The van der Waals surface area contributed by atoms with E-state index in [0.29, 0.717) is 5.92 Å². The largest absolute Gasteiger partial charge is 0.393 e. The molecule has 0 amide bonds. The van der Waals surface area contributed by atoms with Crippen LogP contribution in [0.15, 0.2) is 0 Å². The average Bonchev–Trinajstić information content (AvgIpc) is 1.79. The number of aliphatic hydroxyl groups excluding tert-OH is 1. The maximum atomic E-state index is 8.44. The smallest absolute Gasteiger partial charge is 0.0570 e. The van der Waals surface area contributed by atoms with E-state index >= 15 is 0 Å². The highest BCUT2D eigenvalue weighted by Crippen LogP contribution is 2.27. The molecule has 0 aromatic carbocycles. The molecule has 0 aromatic rings. The van der Waals surface area contributed by atoms with Crippen LogP contribution in [0.2, 0.25) is 0 Å². The number of rotatable bonds is 0. The molecule has 0 spiro atoms.